The number of rotatable bonds is 6. The first kappa shape index (κ1) is 13.2. The Morgan fingerprint density at radius 1 is 1.41 bits per heavy atom. The number of nitrogen functional groups attached to an aromatic ring is 1. The number of hydrogen-bond donors (Lipinski definition) is 1. The molecule has 6 heteroatoms. The lowest BCUT2D eigenvalue weighted by molar-refractivity contribution is -0.141. The van der Waals surface area contributed by atoms with Gasteiger partial charge in [0.1, 0.15) is 18.2 Å². The van der Waals surface area contributed by atoms with Crippen molar-refractivity contribution in [3.8, 4) is 0 Å². The van der Waals surface area contributed by atoms with Gasteiger partial charge in [0.15, 0.2) is 0 Å². The highest BCUT2D eigenvalue weighted by Crippen LogP contribution is 2.10. The lowest BCUT2D eigenvalue weighted by atomic mass is 10.4. The van der Waals surface area contributed by atoms with Gasteiger partial charge in [-0.25, -0.2) is 9.97 Å². The highest BCUT2D eigenvalue weighted by molar-refractivity contribution is 5.75. The van der Waals surface area contributed by atoms with Gasteiger partial charge in [-0.05, 0) is 13.3 Å². The van der Waals surface area contributed by atoms with Crippen LogP contribution in [-0.2, 0) is 9.53 Å². The van der Waals surface area contributed by atoms with Crippen LogP contribution in [0.15, 0.2) is 12.4 Å². The van der Waals surface area contributed by atoms with Gasteiger partial charge in [-0.3, -0.25) is 4.79 Å². The summed E-state index contributed by atoms with van der Waals surface area (Å²) >= 11 is 0. The van der Waals surface area contributed by atoms with Gasteiger partial charge in [-0.15, -0.1) is 0 Å². The lowest BCUT2D eigenvalue weighted by Gasteiger charge is -2.21. The number of hydrogen-bond acceptors (Lipinski definition) is 6. The molecule has 0 atom stereocenters. The molecule has 0 unspecified atom stereocenters. The minimum atomic E-state index is -0.264. The predicted molar refractivity (Wildman–Crippen MR) is 65.6 cm³/mol. The fourth-order valence-corrected chi connectivity index (χ4v) is 1.40. The van der Waals surface area contributed by atoms with Crippen LogP contribution in [0.3, 0.4) is 0 Å². The summed E-state index contributed by atoms with van der Waals surface area (Å²) in [7, 11) is 0. The Labute approximate surface area is 101 Å². The monoisotopic (exact) mass is 238 g/mol. The van der Waals surface area contributed by atoms with E-state index in [0.717, 1.165) is 13.0 Å². The van der Waals surface area contributed by atoms with Crippen LogP contribution in [0.5, 0.6) is 0 Å². The molecule has 0 aliphatic carbocycles. The minimum Gasteiger partial charge on any atom is -0.465 e. The van der Waals surface area contributed by atoms with Crippen molar-refractivity contribution in [2.45, 2.75) is 20.3 Å². The second-order valence-corrected chi connectivity index (χ2v) is 3.53. The number of carbonyl (C=O) groups excluding carboxylic acids is 1. The fraction of sp³-hybridized carbons (Fsp3) is 0.545. The van der Waals surface area contributed by atoms with Crippen LogP contribution < -0.4 is 10.6 Å². The van der Waals surface area contributed by atoms with Gasteiger partial charge in [0, 0.05) is 6.54 Å². The molecule has 0 aliphatic rings. The molecule has 0 saturated carbocycles. The zero-order valence-electron chi connectivity index (χ0n) is 10.2. The van der Waals surface area contributed by atoms with Gasteiger partial charge in [0.25, 0.3) is 0 Å². The summed E-state index contributed by atoms with van der Waals surface area (Å²) in [6.07, 6.45) is 3.94. The molecular weight excluding hydrogens is 220 g/mol. The van der Waals surface area contributed by atoms with E-state index in [9.17, 15) is 4.79 Å². The molecule has 2 N–H and O–H groups in total. The number of esters is 1. The molecule has 0 radical (unpaired) electrons. The summed E-state index contributed by atoms with van der Waals surface area (Å²) in [6.45, 7) is 5.10. The molecule has 0 bridgehead atoms. The fourth-order valence-electron chi connectivity index (χ4n) is 1.40. The molecule has 0 spiro atoms. The maximum Gasteiger partial charge on any atom is 0.325 e. The van der Waals surface area contributed by atoms with E-state index >= 15 is 0 Å². The SMILES string of the molecule is CCCN(CC(=O)OCC)c1cnc(N)cn1. The van der Waals surface area contributed by atoms with Crippen molar-refractivity contribution in [1.82, 2.24) is 9.97 Å². The number of carbonyl (C=O) groups is 1. The van der Waals surface area contributed by atoms with Gasteiger partial charge < -0.3 is 15.4 Å². The summed E-state index contributed by atoms with van der Waals surface area (Å²) in [5.41, 5.74) is 5.47. The van der Waals surface area contributed by atoms with E-state index in [-0.39, 0.29) is 12.5 Å². The first-order chi connectivity index (χ1) is 8.17. The second-order valence-electron chi connectivity index (χ2n) is 3.53. The zero-order valence-corrected chi connectivity index (χ0v) is 10.2. The van der Waals surface area contributed by atoms with Crippen molar-refractivity contribution in [3.63, 3.8) is 0 Å². The van der Waals surface area contributed by atoms with Crippen molar-refractivity contribution in [3.05, 3.63) is 12.4 Å². The molecule has 0 aromatic carbocycles. The first-order valence-electron chi connectivity index (χ1n) is 5.65. The first-order valence-corrected chi connectivity index (χ1v) is 5.65. The van der Waals surface area contributed by atoms with E-state index in [1.807, 2.05) is 11.8 Å². The Kier molecular flexibility index (Phi) is 5.19. The van der Waals surface area contributed by atoms with Crippen LogP contribution >= 0.6 is 0 Å². The molecule has 17 heavy (non-hydrogen) atoms. The highest BCUT2D eigenvalue weighted by atomic mass is 16.5. The molecular formula is C11H18N4O2. The number of nitrogens with zero attached hydrogens (tertiary/aromatic N) is 3. The summed E-state index contributed by atoms with van der Waals surface area (Å²) < 4.78 is 4.91. The van der Waals surface area contributed by atoms with Gasteiger partial charge in [0.05, 0.1) is 19.0 Å². The summed E-state index contributed by atoms with van der Waals surface area (Å²) in [5.74, 6) is 0.731. The molecule has 1 heterocycles. The third-order valence-electron chi connectivity index (χ3n) is 2.10. The summed E-state index contributed by atoms with van der Waals surface area (Å²) in [4.78, 5) is 21.4. The summed E-state index contributed by atoms with van der Waals surface area (Å²) in [6, 6.07) is 0. The van der Waals surface area contributed by atoms with Crippen molar-refractivity contribution in [2.75, 3.05) is 30.3 Å². The van der Waals surface area contributed by atoms with Crippen molar-refractivity contribution >= 4 is 17.6 Å². The van der Waals surface area contributed by atoms with Crippen molar-refractivity contribution in [1.29, 1.82) is 0 Å². The molecule has 0 aliphatic heterocycles. The number of nitrogens with two attached hydrogens (primary N) is 1. The molecule has 6 nitrogen and oxygen atoms in total. The van der Waals surface area contributed by atoms with Crippen LogP contribution in [0.25, 0.3) is 0 Å². The van der Waals surface area contributed by atoms with Crippen LogP contribution in [0, 0.1) is 0 Å². The Morgan fingerprint density at radius 2 is 2.18 bits per heavy atom. The van der Waals surface area contributed by atoms with Crippen LogP contribution in [-0.4, -0.2) is 35.6 Å². The quantitative estimate of drug-likeness (QED) is 0.739. The zero-order chi connectivity index (χ0) is 12.7. The van der Waals surface area contributed by atoms with E-state index in [2.05, 4.69) is 9.97 Å². The topological polar surface area (TPSA) is 81.3 Å². The third kappa shape index (κ3) is 4.26. The van der Waals surface area contributed by atoms with Crippen LogP contribution in [0.4, 0.5) is 11.6 Å². The van der Waals surface area contributed by atoms with Crippen molar-refractivity contribution < 1.29 is 9.53 Å². The Bertz CT molecular complexity index is 353. The minimum absolute atomic E-state index is 0.181. The van der Waals surface area contributed by atoms with Crippen LogP contribution in [0.2, 0.25) is 0 Å². The van der Waals surface area contributed by atoms with Crippen LogP contribution in [0.1, 0.15) is 20.3 Å². The van der Waals surface area contributed by atoms with Gasteiger partial charge >= 0.3 is 5.97 Å². The molecule has 0 fully saturated rings. The maximum absolute atomic E-state index is 11.4. The van der Waals surface area contributed by atoms with E-state index in [4.69, 9.17) is 10.5 Å². The second kappa shape index (κ2) is 6.67. The third-order valence-corrected chi connectivity index (χ3v) is 2.10. The molecule has 94 valence electrons. The molecule has 1 rings (SSSR count). The highest BCUT2D eigenvalue weighted by Gasteiger charge is 2.12. The standard InChI is InChI=1S/C11H18N4O2/c1-3-5-15(8-11(16)17-4-2)10-7-13-9(12)6-14-10/h6-7H,3-5,8H2,1-2H3,(H2,12,13). The molecule has 0 saturated heterocycles. The number of ether oxygens (including phenoxy) is 1. The Morgan fingerprint density at radius 3 is 2.71 bits per heavy atom. The Balaban J connectivity index is 2.71. The average Bonchev–Trinajstić information content (AvgIpc) is 2.30. The van der Waals surface area contributed by atoms with Gasteiger partial charge in [0.2, 0.25) is 0 Å². The predicted octanol–water partition coefficient (Wildman–Crippen LogP) is 0.838. The molecule has 0 amide bonds. The molecule has 1 aromatic rings. The van der Waals surface area contributed by atoms with Crippen molar-refractivity contribution in [2.24, 2.45) is 0 Å². The Hall–Kier alpha value is -1.85. The summed E-state index contributed by atoms with van der Waals surface area (Å²) in [5, 5.41) is 0. The average molecular weight is 238 g/mol. The van der Waals surface area contributed by atoms with Gasteiger partial charge in [-0.1, -0.05) is 6.92 Å². The van der Waals surface area contributed by atoms with Gasteiger partial charge in [-0.2, -0.15) is 0 Å². The number of aromatic nitrogens is 2. The normalized spacial score (nSPS) is 10.0. The van der Waals surface area contributed by atoms with E-state index in [1.54, 1.807) is 13.1 Å². The lowest BCUT2D eigenvalue weighted by Crippen LogP contribution is -2.32. The van der Waals surface area contributed by atoms with E-state index in [0.29, 0.717) is 18.2 Å². The largest absolute Gasteiger partial charge is 0.465 e. The molecule has 1 aromatic heterocycles. The van der Waals surface area contributed by atoms with E-state index < -0.39 is 0 Å². The van der Waals surface area contributed by atoms with E-state index in [1.165, 1.54) is 6.20 Å². The smallest absolute Gasteiger partial charge is 0.325 e. The maximum atomic E-state index is 11.4. The number of anilines is 2.